The summed E-state index contributed by atoms with van der Waals surface area (Å²) in [4.78, 5) is 24.0. The van der Waals surface area contributed by atoms with E-state index in [-0.39, 0.29) is 29.4 Å². The van der Waals surface area contributed by atoms with Crippen molar-refractivity contribution in [3.05, 3.63) is 63.6 Å². The highest BCUT2D eigenvalue weighted by Crippen LogP contribution is 2.26. The van der Waals surface area contributed by atoms with Crippen molar-refractivity contribution in [1.29, 1.82) is 0 Å². The van der Waals surface area contributed by atoms with E-state index >= 15 is 0 Å². The number of carbonyl (C=O) groups is 2. The molecule has 2 aromatic rings. The van der Waals surface area contributed by atoms with Crippen LogP contribution in [0.1, 0.15) is 24.1 Å². The molecule has 1 unspecified atom stereocenters. The molecule has 0 radical (unpaired) electrons. The summed E-state index contributed by atoms with van der Waals surface area (Å²) in [6, 6.07) is 12.5. The van der Waals surface area contributed by atoms with Crippen LogP contribution in [0.5, 0.6) is 0 Å². The standard InChI is InChI=1S/C19H20Cl2N2O2S/c1-12-3-6-15(7-4-12)23-19(25)11-26-10-18(24)22-13(2)16-8-5-14(20)9-17(16)21/h3-9,13H,10-11H2,1-2H3,(H,22,24)(H,23,25). The number of carbonyl (C=O) groups excluding carboxylic acids is 2. The maximum atomic E-state index is 12.0. The van der Waals surface area contributed by atoms with Crippen molar-refractivity contribution in [2.75, 3.05) is 16.8 Å². The van der Waals surface area contributed by atoms with Gasteiger partial charge in [0, 0.05) is 15.7 Å². The molecule has 0 heterocycles. The van der Waals surface area contributed by atoms with Gasteiger partial charge in [0.1, 0.15) is 0 Å². The Kier molecular flexibility index (Phi) is 7.82. The maximum absolute atomic E-state index is 12.0. The summed E-state index contributed by atoms with van der Waals surface area (Å²) in [5.74, 6) is 0.103. The minimum Gasteiger partial charge on any atom is -0.349 e. The molecule has 2 aromatic carbocycles. The third kappa shape index (κ3) is 6.56. The number of thioether (sulfide) groups is 1. The predicted octanol–water partition coefficient (Wildman–Crippen LogP) is 4.85. The van der Waals surface area contributed by atoms with Gasteiger partial charge < -0.3 is 10.6 Å². The molecule has 0 bridgehead atoms. The van der Waals surface area contributed by atoms with Crippen LogP contribution < -0.4 is 10.6 Å². The summed E-state index contributed by atoms with van der Waals surface area (Å²) < 4.78 is 0. The number of hydrogen-bond donors (Lipinski definition) is 2. The zero-order valence-corrected chi connectivity index (χ0v) is 16.8. The van der Waals surface area contributed by atoms with E-state index in [1.54, 1.807) is 18.2 Å². The molecule has 0 aliphatic rings. The van der Waals surface area contributed by atoms with Crippen molar-refractivity contribution >= 4 is 52.5 Å². The second-order valence-electron chi connectivity index (χ2n) is 5.86. The average Bonchev–Trinajstić information content (AvgIpc) is 2.56. The molecule has 2 N–H and O–H groups in total. The minimum absolute atomic E-state index is 0.138. The third-order valence-electron chi connectivity index (χ3n) is 3.61. The molecule has 1 atom stereocenters. The molecule has 0 saturated heterocycles. The Morgan fingerprint density at radius 2 is 1.69 bits per heavy atom. The van der Waals surface area contributed by atoms with Crippen LogP contribution in [0.3, 0.4) is 0 Å². The molecule has 0 fully saturated rings. The number of rotatable bonds is 7. The molecule has 0 aliphatic carbocycles. The zero-order chi connectivity index (χ0) is 19.1. The first-order valence-electron chi connectivity index (χ1n) is 8.03. The summed E-state index contributed by atoms with van der Waals surface area (Å²) in [5, 5.41) is 6.73. The fraction of sp³-hybridized carbons (Fsp3) is 0.263. The van der Waals surface area contributed by atoms with E-state index < -0.39 is 0 Å². The number of halogens is 2. The van der Waals surface area contributed by atoms with Gasteiger partial charge in [0.25, 0.3) is 0 Å². The number of anilines is 1. The highest BCUT2D eigenvalue weighted by molar-refractivity contribution is 8.00. The quantitative estimate of drug-likeness (QED) is 0.685. The molecule has 26 heavy (non-hydrogen) atoms. The van der Waals surface area contributed by atoms with E-state index in [0.717, 1.165) is 16.8 Å². The number of benzene rings is 2. The van der Waals surface area contributed by atoms with E-state index in [4.69, 9.17) is 23.2 Å². The monoisotopic (exact) mass is 410 g/mol. The van der Waals surface area contributed by atoms with Crippen LogP contribution in [0.2, 0.25) is 10.0 Å². The summed E-state index contributed by atoms with van der Waals surface area (Å²) >= 11 is 13.3. The first-order valence-corrected chi connectivity index (χ1v) is 9.95. The normalized spacial score (nSPS) is 11.7. The second-order valence-corrected chi connectivity index (χ2v) is 7.69. The second kappa shape index (κ2) is 9.86. The summed E-state index contributed by atoms with van der Waals surface area (Å²) in [6.45, 7) is 3.83. The highest BCUT2D eigenvalue weighted by Gasteiger charge is 2.13. The smallest absolute Gasteiger partial charge is 0.234 e. The fourth-order valence-electron chi connectivity index (χ4n) is 2.28. The molecule has 138 valence electrons. The van der Waals surface area contributed by atoms with Gasteiger partial charge in [-0.3, -0.25) is 9.59 Å². The van der Waals surface area contributed by atoms with Crippen LogP contribution >= 0.6 is 35.0 Å². The van der Waals surface area contributed by atoms with Crippen molar-refractivity contribution < 1.29 is 9.59 Å². The molecule has 2 rings (SSSR count). The Hall–Kier alpha value is -1.69. The van der Waals surface area contributed by atoms with Crippen LogP contribution in [0, 0.1) is 6.92 Å². The number of amides is 2. The zero-order valence-electron chi connectivity index (χ0n) is 14.5. The molecule has 4 nitrogen and oxygen atoms in total. The average molecular weight is 411 g/mol. The summed E-state index contributed by atoms with van der Waals surface area (Å²) in [7, 11) is 0. The third-order valence-corrected chi connectivity index (χ3v) is 5.10. The molecule has 0 aliphatic heterocycles. The SMILES string of the molecule is Cc1ccc(NC(=O)CSCC(=O)NC(C)c2ccc(Cl)cc2Cl)cc1. The van der Waals surface area contributed by atoms with Gasteiger partial charge in [0.05, 0.1) is 17.5 Å². The van der Waals surface area contributed by atoms with Crippen molar-refractivity contribution in [3.8, 4) is 0 Å². The number of aryl methyl sites for hydroxylation is 1. The van der Waals surface area contributed by atoms with Gasteiger partial charge in [-0.25, -0.2) is 0 Å². The summed E-state index contributed by atoms with van der Waals surface area (Å²) in [5.41, 5.74) is 2.67. The van der Waals surface area contributed by atoms with Crippen LogP contribution in [0.4, 0.5) is 5.69 Å². The van der Waals surface area contributed by atoms with Crippen LogP contribution in [0.25, 0.3) is 0 Å². The largest absolute Gasteiger partial charge is 0.349 e. The lowest BCUT2D eigenvalue weighted by Crippen LogP contribution is -2.29. The van der Waals surface area contributed by atoms with E-state index in [1.807, 2.05) is 38.1 Å². The van der Waals surface area contributed by atoms with Gasteiger partial charge in [-0.2, -0.15) is 0 Å². The summed E-state index contributed by atoms with van der Waals surface area (Å²) in [6.07, 6.45) is 0. The highest BCUT2D eigenvalue weighted by atomic mass is 35.5. The van der Waals surface area contributed by atoms with Crippen LogP contribution in [-0.2, 0) is 9.59 Å². The molecular formula is C19H20Cl2N2O2S. The van der Waals surface area contributed by atoms with Crippen LogP contribution in [-0.4, -0.2) is 23.3 Å². The molecule has 0 spiro atoms. The predicted molar refractivity (Wildman–Crippen MR) is 110 cm³/mol. The molecular weight excluding hydrogens is 391 g/mol. The van der Waals surface area contributed by atoms with Crippen LogP contribution in [0.15, 0.2) is 42.5 Å². The Morgan fingerprint density at radius 3 is 2.35 bits per heavy atom. The molecule has 2 amide bonds. The first-order chi connectivity index (χ1) is 12.3. The lowest BCUT2D eigenvalue weighted by Gasteiger charge is -2.16. The van der Waals surface area contributed by atoms with E-state index in [1.165, 1.54) is 11.8 Å². The topological polar surface area (TPSA) is 58.2 Å². The van der Waals surface area contributed by atoms with Crippen molar-refractivity contribution in [3.63, 3.8) is 0 Å². The molecule has 0 aromatic heterocycles. The van der Waals surface area contributed by atoms with Gasteiger partial charge in [0.15, 0.2) is 0 Å². The molecule has 7 heteroatoms. The van der Waals surface area contributed by atoms with E-state index in [9.17, 15) is 9.59 Å². The van der Waals surface area contributed by atoms with Crippen molar-refractivity contribution in [2.24, 2.45) is 0 Å². The van der Waals surface area contributed by atoms with Gasteiger partial charge in [0.2, 0.25) is 11.8 Å². The Morgan fingerprint density at radius 1 is 1.04 bits per heavy atom. The Bertz CT molecular complexity index is 782. The minimum atomic E-state index is -0.241. The van der Waals surface area contributed by atoms with E-state index in [2.05, 4.69) is 10.6 Å². The van der Waals surface area contributed by atoms with Crippen molar-refractivity contribution in [1.82, 2.24) is 5.32 Å². The first kappa shape index (κ1) is 20.6. The fourth-order valence-corrected chi connectivity index (χ4v) is 3.48. The van der Waals surface area contributed by atoms with E-state index in [0.29, 0.717) is 10.0 Å². The van der Waals surface area contributed by atoms with Gasteiger partial charge in [-0.15, -0.1) is 11.8 Å². The van der Waals surface area contributed by atoms with Gasteiger partial charge >= 0.3 is 0 Å². The number of hydrogen-bond acceptors (Lipinski definition) is 3. The van der Waals surface area contributed by atoms with Gasteiger partial charge in [-0.05, 0) is 43.7 Å². The lowest BCUT2D eigenvalue weighted by molar-refractivity contribution is -0.119. The Labute approximate surface area is 167 Å². The number of nitrogens with one attached hydrogen (secondary N) is 2. The van der Waals surface area contributed by atoms with Gasteiger partial charge in [-0.1, -0.05) is 47.0 Å². The Balaban J connectivity index is 1.74. The molecule has 0 saturated carbocycles. The maximum Gasteiger partial charge on any atom is 0.234 e. The lowest BCUT2D eigenvalue weighted by atomic mass is 10.1. The van der Waals surface area contributed by atoms with Crippen molar-refractivity contribution in [2.45, 2.75) is 19.9 Å².